The lowest BCUT2D eigenvalue weighted by Gasteiger charge is -2.22. The maximum absolute atomic E-state index is 13.8. The monoisotopic (exact) mass is 749 g/mol. The standard InChI is InChI=1S/C38H38F3N5O8/c1-51-31-17-16-24(19-32(31)52-2)18-30(42-36(49)54-22-29-27-14-8-6-12-25(27)26-13-7-9-15-28(26)29)35(48)45-44-34(47)20-33(38(39,40)41)43-46-37(50)53-21-23-10-4-3-5-11-23/h3-17,19,29-30,33,43H,18,20-22H2,1-2H3,(H,42,49)(H,44,47)(H,45,48)(H,46,50). The van der Waals surface area contributed by atoms with Crippen LogP contribution in [0, 0.1) is 0 Å². The van der Waals surface area contributed by atoms with Gasteiger partial charge in [0.1, 0.15) is 25.3 Å². The molecule has 1 aliphatic carbocycles. The van der Waals surface area contributed by atoms with Crippen LogP contribution in [0.4, 0.5) is 22.8 Å². The first-order valence-electron chi connectivity index (χ1n) is 16.7. The van der Waals surface area contributed by atoms with Crippen LogP contribution in [0.3, 0.4) is 0 Å². The van der Waals surface area contributed by atoms with Crippen molar-refractivity contribution in [2.24, 2.45) is 0 Å². The number of alkyl carbamates (subject to hydrolysis) is 1. The molecule has 4 aromatic rings. The summed E-state index contributed by atoms with van der Waals surface area (Å²) in [6.45, 7) is -0.257. The van der Waals surface area contributed by atoms with Gasteiger partial charge in [-0.15, -0.1) is 0 Å². The second kappa shape index (κ2) is 18.0. The second-order valence-electron chi connectivity index (χ2n) is 12.1. The van der Waals surface area contributed by atoms with Gasteiger partial charge in [-0.05, 0) is 45.5 Å². The number of carbonyl (C=O) groups is 4. The quantitative estimate of drug-likeness (QED) is 0.111. The van der Waals surface area contributed by atoms with E-state index >= 15 is 0 Å². The zero-order chi connectivity index (χ0) is 38.7. The van der Waals surface area contributed by atoms with Crippen molar-refractivity contribution in [2.45, 2.75) is 43.6 Å². The fourth-order valence-corrected chi connectivity index (χ4v) is 5.84. The van der Waals surface area contributed by atoms with Gasteiger partial charge in [0.15, 0.2) is 11.5 Å². The Morgan fingerprint density at radius 2 is 1.33 bits per heavy atom. The SMILES string of the molecule is COc1ccc(CC(NC(=O)OCC2c3ccccc3-c3ccccc32)C(=O)NNC(=O)CC(NNC(=O)OCc2ccccc2)C(F)(F)F)cc1OC. The third-order valence-electron chi connectivity index (χ3n) is 8.51. The Morgan fingerprint density at radius 3 is 1.96 bits per heavy atom. The van der Waals surface area contributed by atoms with Crippen molar-refractivity contribution in [3.8, 4) is 22.6 Å². The van der Waals surface area contributed by atoms with Gasteiger partial charge in [0.2, 0.25) is 5.91 Å². The van der Waals surface area contributed by atoms with Crippen LogP contribution in [-0.2, 0) is 32.1 Å². The lowest BCUT2D eigenvalue weighted by atomic mass is 9.98. The van der Waals surface area contributed by atoms with Gasteiger partial charge in [-0.3, -0.25) is 25.9 Å². The minimum Gasteiger partial charge on any atom is -0.493 e. The van der Waals surface area contributed by atoms with Crippen molar-refractivity contribution in [3.63, 3.8) is 0 Å². The fraction of sp³-hybridized carbons (Fsp3) is 0.263. The molecule has 0 aliphatic heterocycles. The van der Waals surface area contributed by atoms with E-state index in [1.807, 2.05) is 54.0 Å². The van der Waals surface area contributed by atoms with Crippen LogP contribution in [0.2, 0.25) is 0 Å². The number of hydrazine groups is 2. The van der Waals surface area contributed by atoms with Crippen LogP contribution in [0.1, 0.15) is 34.6 Å². The summed E-state index contributed by atoms with van der Waals surface area (Å²) < 4.78 is 62.4. The molecule has 0 spiro atoms. The number of hydrogen-bond donors (Lipinski definition) is 5. The molecule has 2 unspecified atom stereocenters. The predicted molar refractivity (Wildman–Crippen MR) is 189 cm³/mol. The Morgan fingerprint density at radius 1 is 0.704 bits per heavy atom. The minimum absolute atomic E-state index is 0.0546. The van der Waals surface area contributed by atoms with Crippen molar-refractivity contribution in [1.82, 2.24) is 27.0 Å². The van der Waals surface area contributed by atoms with Gasteiger partial charge in [-0.25, -0.2) is 15.0 Å². The average Bonchev–Trinajstić information content (AvgIpc) is 3.49. The molecule has 0 saturated heterocycles. The molecule has 0 heterocycles. The number of amides is 4. The smallest absolute Gasteiger partial charge is 0.421 e. The lowest BCUT2D eigenvalue weighted by Crippen LogP contribution is -2.56. The Labute approximate surface area is 308 Å². The van der Waals surface area contributed by atoms with Crippen molar-refractivity contribution in [3.05, 3.63) is 119 Å². The van der Waals surface area contributed by atoms with E-state index in [1.54, 1.807) is 59.4 Å². The molecule has 4 aromatic carbocycles. The Hall–Kier alpha value is -6.29. The van der Waals surface area contributed by atoms with Gasteiger partial charge < -0.3 is 24.3 Å². The third kappa shape index (κ3) is 10.2. The molecule has 1 aliphatic rings. The maximum Gasteiger partial charge on any atom is 0.421 e. The molecule has 2 atom stereocenters. The largest absolute Gasteiger partial charge is 0.493 e. The van der Waals surface area contributed by atoms with E-state index < -0.39 is 48.7 Å². The molecule has 0 bridgehead atoms. The van der Waals surface area contributed by atoms with E-state index in [2.05, 4.69) is 10.7 Å². The molecule has 4 amide bonds. The molecule has 5 N–H and O–H groups in total. The Kier molecular flexibility index (Phi) is 12.9. The van der Waals surface area contributed by atoms with E-state index in [1.165, 1.54) is 14.2 Å². The molecular weight excluding hydrogens is 711 g/mol. The molecular formula is C38H38F3N5O8. The number of benzene rings is 4. The van der Waals surface area contributed by atoms with Crippen LogP contribution < -0.4 is 36.5 Å². The number of halogens is 3. The Bertz CT molecular complexity index is 1900. The molecule has 5 rings (SSSR count). The first-order valence-corrected chi connectivity index (χ1v) is 16.7. The average molecular weight is 750 g/mol. The molecule has 0 radical (unpaired) electrons. The molecule has 13 nitrogen and oxygen atoms in total. The number of hydrogen-bond acceptors (Lipinski definition) is 9. The van der Waals surface area contributed by atoms with Crippen molar-refractivity contribution < 1.29 is 51.3 Å². The molecule has 0 fully saturated rings. The number of nitrogens with one attached hydrogen (secondary N) is 5. The highest BCUT2D eigenvalue weighted by molar-refractivity contribution is 5.88. The van der Waals surface area contributed by atoms with Crippen LogP contribution in [0.5, 0.6) is 11.5 Å². The number of fused-ring (bicyclic) bond motifs is 3. The summed E-state index contributed by atoms with van der Waals surface area (Å²) in [5.74, 6) is -1.75. The summed E-state index contributed by atoms with van der Waals surface area (Å²) >= 11 is 0. The number of ether oxygens (including phenoxy) is 4. The first-order chi connectivity index (χ1) is 26.0. The maximum atomic E-state index is 13.8. The number of carbonyl (C=O) groups excluding carboxylic acids is 4. The summed E-state index contributed by atoms with van der Waals surface area (Å²) in [5.41, 5.74) is 12.6. The van der Waals surface area contributed by atoms with Crippen LogP contribution in [0.15, 0.2) is 97.1 Å². The summed E-state index contributed by atoms with van der Waals surface area (Å²) in [4.78, 5) is 51.2. The van der Waals surface area contributed by atoms with E-state index in [0.717, 1.165) is 22.3 Å². The van der Waals surface area contributed by atoms with Gasteiger partial charge in [0, 0.05) is 12.3 Å². The normalized spacial score (nSPS) is 13.0. The fourth-order valence-electron chi connectivity index (χ4n) is 5.84. The summed E-state index contributed by atoms with van der Waals surface area (Å²) in [6, 6.07) is 24.8. The number of rotatable bonds is 14. The van der Waals surface area contributed by atoms with E-state index in [-0.39, 0.29) is 25.6 Å². The predicted octanol–water partition coefficient (Wildman–Crippen LogP) is 5.05. The van der Waals surface area contributed by atoms with Crippen molar-refractivity contribution >= 4 is 24.0 Å². The van der Waals surface area contributed by atoms with E-state index in [0.29, 0.717) is 22.6 Å². The molecule has 0 saturated carbocycles. The van der Waals surface area contributed by atoms with E-state index in [4.69, 9.17) is 18.9 Å². The summed E-state index contributed by atoms with van der Waals surface area (Å²) in [7, 11) is 2.87. The van der Waals surface area contributed by atoms with Crippen LogP contribution >= 0.6 is 0 Å². The van der Waals surface area contributed by atoms with Crippen LogP contribution in [0.25, 0.3) is 11.1 Å². The highest BCUT2D eigenvalue weighted by Crippen LogP contribution is 2.44. The lowest BCUT2D eigenvalue weighted by molar-refractivity contribution is -0.164. The van der Waals surface area contributed by atoms with Crippen LogP contribution in [-0.4, -0.2) is 63.1 Å². The topological polar surface area (TPSA) is 165 Å². The molecule has 54 heavy (non-hydrogen) atoms. The van der Waals surface area contributed by atoms with Gasteiger partial charge in [0.05, 0.1) is 20.6 Å². The minimum atomic E-state index is -4.99. The Balaban J connectivity index is 1.21. The summed E-state index contributed by atoms with van der Waals surface area (Å²) in [6.07, 6.45) is -8.54. The molecule has 16 heteroatoms. The molecule has 0 aromatic heterocycles. The highest BCUT2D eigenvalue weighted by atomic mass is 19.4. The summed E-state index contributed by atoms with van der Waals surface area (Å²) in [5, 5.41) is 2.50. The van der Waals surface area contributed by atoms with Gasteiger partial charge in [0.25, 0.3) is 5.91 Å². The zero-order valence-electron chi connectivity index (χ0n) is 29.2. The number of methoxy groups -OCH3 is 2. The number of alkyl halides is 3. The van der Waals surface area contributed by atoms with E-state index in [9.17, 15) is 32.3 Å². The van der Waals surface area contributed by atoms with Gasteiger partial charge in [-0.2, -0.15) is 13.2 Å². The van der Waals surface area contributed by atoms with Crippen molar-refractivity contribution in [1.29, 1.82) is 0 Å². The zero-order valence-corrected chi connectivity index (χ0v) is 29.2. The third-order valence-corrected chi connectivity index (χ3v) is 8.51. The first kappa shape index (κ1) is 38.9. The van der Waals surface area contributed by atoms with Crippen molar-refractivity contribution in [2.75, 3.05) is 20.8 Å². The second-order valence-corrected chi connectivity index (χ2v) is 12.1. The van der Waals surface area contributed by atoms with Gasteiger partial charge in [-0.1, -0.05) is 84.9 Å². The highest BCUT2D eigenvalue weighted by Gasteiger charge is 2.41. The molecule has 284 valence electrons. The van der Waals surface area contributed by atoms with Gasteiger partial charge >= 0.3 is 18.4 Å².